The maximum Gasteiger partial charge on any atom is 0.233 e. The van der Waals surface area contributed by atoms with Gasteiger partial charge in [-0.3, -0.25) is 9.36 Å². The zero-order chi connectivity index (χ0) is 16.2. The number of hydrogen-bond acceptors (Lipinski definition) is 6. The Morgan fingerprint density at radius 1 is 1.17 bits per heavy atom. The number of nitrogen functional groups attached to an aromatic ring is 1. The van der Waals surface area contributed by atoms with E-state index in [1.54, 1.807) is 11.6 Å². The van der Waals surface area contributed by atoms with E-state index in [0.29, 0.717) is 16.9 Å². The molecule has 23 heavy (non-hydrogen) atoms. The van der Waals surface area contributed by atoms with Crippen molar-refractivity contribution in [2.24, 2.45) is 7.05 Å². The Morgan fingerprint density at radius 3 is 2.48 bits per heavy atom. The molecule has 1 amide bonds. The average Bonchev–Trinajstić information content (AvgIpc) is 2.92. The van der Waals surface area contributed by atoms with E-state index in [-0.39, 0.29) is 5.91 Å². The molecule has 0 unspecified atom stereocenters. The lowest BCUT2D eigenvalue weighted by atomic mass is 10.2. The van der Waals surface area contributed by atoms with Gasteiger partial charge >= 0.3 is 0 Å². The summed E-state index contributed by atoms with van der Waals surface area (Å²) >= 11 is 1.37. The van der Waals surface area contributed by atoms with E-state index in [2.05, 4.69) is 27.2 Å². The summed E-state index contributed by atoms with van der Waals surface area (Å²) < 4.78 is 1.69. The third-order valence-corrected chi connectivity index (χ3v) is 4.95. The Kier molecular flexibility index (Phi) is 4.71. The van der Waals surface area contributed by atoms with Crippen molar-refractivity contribution in [3.63, 3.8) is 0 Å². The summed E-state index contributed by atoms with van der Waals surface area (Å²) in [4.78, 5) is 16.5. The molecular weight excluding hydrogens is 312 g/mol. The summed E-state index contributed by atoms with van der Waals surface area (Å²) in [7, 11) is 1.79. The first-order valence-electron chi connectivity index (χ1n) is 7.50. The van der Waals surface area contributed by atoms with Crippen LogP contribution in [-0.2, 0) is 11.8 Å². The van der Waals surface area contributed by atoms with E-state index in [0.717, 1.165) is 26.2 Å². The Hall–Kier alpha value is -2.22. The lowest BCUT2D eigenvalue weighted by Crippen LogP contribution is -2.49. The summed E-state index contributed by atoms with van der Waals surface area (Å²) in [6.07, 6.45) is 0. The molecule has 0 aliphatic carbocycles. The second-order valence-corrected chi connectivity index (χ2v) is 6.33. The number of nitrogens with zero attached hydrogens (tertiary/aromatic N) is 5. The number of para-hydroxylation sites is 1. The van der Waals surface area contributed by atoms with Crippen LogP contribution >= 0.6 is 11.8 Å². The number of piperazine rings is 1. The Balaban J connectivity index is 1.49. The van der Waals surface area contributed by atoms with Gasteiger partial charge in [0.2, 0.25) is 11.9 Å². The van der Waals surface area contributed by atoms with Crippen LogP contribution in [-0.4, -0.2) is 57.5 Å². The highest BCUT2D eigenvalue weighted by Crippen LogP contribution is 2.19. The molecule has 0 bridgehead atoms. The number of nitrogens with two attached hydrogens (primary N) is 1. The molecular formula is C15H20N6OS. The maximum absolute atomic E-state index is 12.3. The van der Waals surface area contributed by atoms with Crippen molar-refractivity contribution < 1.29 is 4.79 Å². The van der Waals surface area contributed by atoms with Gasteiger partial charge in [-0.15, -0.1) is 10.2 Å². The van der Waals surface area contributed by atoms with Crippen LogP contribution in [0.2, 0.25) is 0 Å². The molecule has 7 nitrogen and oxygen atoms in total. The number of aromatic nitrogens is 3. The second kappa shape index (κ2) is 6.91. The van der Waals surface area contributed by atoms with Crippen LogP contribution in [0.4, 0.5) is 11.6 Å². The second-order valence-electron chi connectivity index (χ2n) is 5.39. The monoisotopic (exact) mass is 332 g/mol. The van der Waals surface area contributed by atoms with Crippen molar-refractivity contribution in [1.82, 2.24) is 19.7 Å². The van der Waals surface area contributed by atoms with E-state index < -0.39 is 0 Å². The summed E-state index contributed by atoms with van der Waals surface area (Å²) in [6, 6.07) is 10.3. The largest absolute Gasteiger partial charge is 0.368 e. The van der Waals surface area contributed by atoms with Crippen LogP contribution in [0, 0.1) is 0 Å². The Bertz CT molecular complexity index is 666. The third kappa shape index (κ3) is 3.58. The zero-order valence-electron chi connectivity index (χ0n) is 13.1. The summed E-state index contributed by atoms with van der Waals surface area (Å²) in [5.41, 5.74) is 6.85. The van der Waals surface area contributed by atoms with Crippen LogP contribution < -0.4 is 10.6 Å². The molecule has 1 aromatic carbocycles. The SMILES string of the molecule is Cn1c(N)nnc1SCC(=O)N1CCN(c2ccccc2)CC1. The van der Waals surface area contributed by atoms with Crippen molar-refractivity contribution in [2.75, 3.05) is 42.6 Å². The number of rotatable bonds is 4. The van der Waals surface area contributed by atoms with Crippen molar-refractivity contribution in [3.05, 3.63) is 30.3 Å². The minimum absolute atomic E-state index is 0.129. The van der Waals surface area contributed by atoms with Gasteiger partial charge in [0.25, 0.3) is 0 Å². The summed E-state index contributed by atoms with van der Waals surface area (Å²) in [5.74, 6) is 0.845. The van der Waals surface area contributed by atoms with Crippen LogP contribution in [0.5, 0.6) is 0 Å². The number of benzene rings is 1. The minimum Gasteiger partial charge on any atom is -0.368 e. The molecule has 1 saturated heterocycles. The Labute approximate surface area is 139 Å². The highest BCUT2D eigenvalue weighted by molar-refractivity contribution is 7.99. The lowest BCUT2D eigenvalue weighted by molar-refractivity contribution is -0.128. The van der Waals surface area contributed by atoms with Gasteiger partial charge in [0.1, 0.15) is 0 Å². The lowest BCUT2D eigenvalue weighted by Gasteiger charge is -2.36. The summed E-state index contributed by atoms with van der Waals surface area (Å²) in [5, 5.41) is 8.41. The predicted octanol–water partition coefficient (Wildman–Crippen LogP) is 0.838. The van der Waals surface area contributed by atoms with Gasteiger partial charge in [-0.2, -0.15) is 0 Å². The molecule has 2 N–H and O–H groups in total. The van der Waals surface area contributed by atoms with E-state index in [1.807, 2.05) is 23.1 Å². The molecule has 2 aromatic rings. The maximum atomic E-state index is 12.3. The van der Waals surface area contributed by atoms with Crippen molar-refractivity contribution in [3.8, 4) is 0 Å². The normalized spacial score (nSPS) is 15.0. The molecule has 0 saturated carbocycles. The van der Waals surface area contributed by atoms with Gasteiger partial charge < -0.3 is 15.5 Å². The molecule has 3 rings (SSSR count). The molecule has 1 aromatic heterocycles. The highest BCUT2D eigenvalue weighted by atomic mass is 32.2. The molecule has 0 spiro atoms. The smallest absolute Gasteiger partial charge is 0.233 e. The predicted molar refractivity (Wildman–Crippen MR) is 91.4 cm³/mol. The Morgan fingerprint density at radius 2 is 1.87 bits per heavy atom. The van der Waals surface area contributed by atoms with Crippen molar-refractivity contribution in [2.45, 2.75) is 5.16 Å². The van der Waals surface area contributed by atoms with Gasteiger partial charge in [-0.05, 0) is 12.1 Å². The number of carbonyl (C=O) groups is 1. The van der Waals surface area contributed by atoms with E-state index in [4.69, 9.17) is 5.73 Å². The average molecular weight is 332 g/mol. The van der Waals surface area contributed by atoms with Gasteiger partial charge in [0.05, 0.1) is 5.75 Å². The minimum atomic E-state index is 0.129. The molecule has 122 valence electrons. The molecule has 1 aliphatic rings. The first-order valence-corrected chi connectivity index (χ1v) is 8.49. The van der Waals surface area contributed by atoms with E-state index >= 15 is 0 Å². The van der Waals surface area contributed by atoms with Gasteiger partial charge in [0, 0.05) is 38.9 Å². The van der Waals surface area contributed by atoms with Crippen LogP contribution in [0.3, 0.4) is 0 Å². The quantitative estimate of drug-likeness (QED) is 0.836. The van der Waals surface area contributed by atoms with Crippen molar-refractivity contribution >= 4 is 29.3 Å². The highest BCUT2D eigenvalue weighted by Gasteiger charge is 2.21. The molecule has 2 heterocycles. The van der Waals surface area contributed by atoms with Crippen LogP contribution in [0.15, 0.2) is 35.5 Å². The van der Waals surface area contributed by atoms with E-state index in [9.17, 15) is 4.79 Å². The van der Waals surface area contributed by atoms with Gasteiger partial charge in [-0.1, -0.05) is 30.0 Å². The fourth-order valence-corrected chi connectivity index (χ4v) is 3.34. The van der Waals surface area contributed by atoms with Crippen molar-refractivity contribution in [1.29, 1.82) is 0 Å². The number of hydrogen-bond donors (Lipinski definition) is 1. The van der Waals surface area contributed by atoms with Crippen LogP contribution in [0.1, 0.15) is 0 Å². The number of anilines is 2. The topological polar surface area (TPSA) is 80.3 Å². The first kappa shape index (κ1) is 15.7. The fraction of sp³-hybridized carbons (Fsp3) is 0.400. The third-order valence-electron chi connectivity index (χ3n) is 3.95. The molecule has 8 heteroatoms. The first-order chi connectivity index (χ1) is 11.1. The number of carbonyl (C=O) groups excluding carboxylic acids is 1. The number of thioether (sulfide) groups is 1. The van der Waals surface area contributed by atoms with Gasteiger partial charge in [-0.25, -0.2) is 0 Å². The molecule has 1 fully saturated rings. The van der Waals surface area contributed by atoms with Gasteiger partial charge in [0.15, 0.2) is 5.16 Å². The molecule has 1 aliphatic heterocycles. The molecule has 0 atom stereocenters. The van der Waals surface area contributed by atoms with Crippen LogP contribution in [0.25, 0.3) is 0 Å². The molecule has 0 radical (unpaired) electrons. The standard InChI is InChI=1S/C15H20N6OS/c1-19-14(16)17-18-15(19)23-11-13(22)21-9-7-20(8-10-21)12-5-3-2-4-6-12/h2-6H,7-11H2,1H3,(H2,16,17). The fourth-order valence-electron chi connectivity index (χ4n) is 2.52. The zero-order valence-corrected chi connectivity index (χ0v) is 13.9. The summed E-state index contributed by atoms with van der Waals surface area (Å²) in [6.45, 7) is 3.21. The number of amides is 1. The van der Waals surface area contributed by atoms with E-state index in [1.165, 1.54) is 17.4 Å².